The van der Waals surface area contributed by atoms with E-state index in [1.165, 1.54) is 38.3 Å². The number of rotatable bonds is 4. The van der Waals surface area contributed by atoms with Crippen LogP contribution in [0, 0.1) is 0 Å². The van der Waals surface area contributed by atoms with Gasteiger partial charge < -0.3 is 15.2 Å². The van der Waals surface area contributed by atoms with Gasteiger partial charge in [0.25, 0.3) is 0 Å². The number of methoxy groups -OCH3 is 1. The predicted molar refractivity (Wildman–Crippen MR) is 80.6 cm³/mol. The highest BCUT2D eigenvalue weighted by Crippen LogP contribution is 2.38. The summed E-state index contributed by atoms with van der Waals surface area (Å²) in [6.45, 7) is 1.47. The smallest absolute Gasteiger partial charge is 0.416 e. The number of hydrogen-bond donors (Lipinski definition) is 1. The van der Waals surface area contributed by atoms with E-state index in [4.69, 9.17) is 10.5 Å². The van der Waals surface area contributed by atoms with Gasteiger partial charge in [0.15, 0.2) is 4.88 Å². The van der Waals surface area contributed by atoms with E-state index in [0.717, 1.165) is 17.4 Å². The molecule has 2 aromatic rings. The molecule has 1 aromatic heterocycles. The van der Waals surface area contributed by atoms with E-state index < -0.39 is 23.8 Å². The van der Waals surface area contributed by atoms with Crippen molar-refractivity contribution in [2.45, 2.75) is 19.2 Å². The number of carbonyl (C=O) groups is 1. The Morgan fingerprint density at radius 2 is 1.96 bits per heavy atom. The normalized spacial score (nSPS) is 12.7. The molecular weight excluding hydrogens is 331 g/mol. The fourth-order valence-electron chi connectivity index (χ4n) is 2.08. The van der Waals surface area contributed by atoms with Crippen LogP contribution in [-0.2, 0) is 10.9 Å². The second-order valence-corrected chi connectivity index (χ2v) is 5.76. The third kappa shape index (κ3) is 3.76. The van der Waals surface area contributed by atoms with E-state index in [0.29, 0.717) is 5.00 Å². The van der Waals surface area contributed by atoms with Crippen molar-refractivity contribution in [1.29, 1.82) is 0 Å². The predicted octanol–water partition coefficient (Wildman–Crippen LogP) is 4.28. The van der Waals surface area contributed by atoms with Gasteiger partial charge in [-0.1, -0.05) is 18.2 Å². The van der Waals surface area contributed by atoms with Gasteiger partial charge in [0.2, 0.25) is 0 Å². The molecule has 0 fully saturated rings. The van der Waals surface area contributed by atoms with Gasteiger partial charge in [-0.3, -0.25) is 0 Å². The zero-order valence-electron chi connectivity index (χ0n) is 12.3. The molecule has 23 heavy (non-hydrogen) atoms. The summed E-state index contributed by atoms with van der Waals surface area (Å²) >= 11 is 0.950. The Hall–Kier alpha value is -2.22. The molecule has 0 bridgehead atoms. The van der Waals surface area contributed by atoms with Crippen molar-refractivity contribution in [2.24, 2.45) is 0 Å². The lowest BCUT2D eigenvalue weighted by atomic mass is 10.0. The number of halogens is 3. The molecule has 1 atom stereocenters. The van der Waals surface area contributed by atoms with Gasteiger partial charge in [0.1, 0.15) is 11.9 Å². The van der Waals surface area contributed by atoms with Crippen molar-refractivity contribution in [2.75, 3.05) is 12.8 Å². The second kappa shape index (κ2) is 6.49. The molecule has 124 valence electrons. The Kier molecular flexibility index (Phi) is 4.84. The fraction of sp³-hybridized carbons (Fsp3) is 0.267. The van der Waals surface area contributed by atoms with Crippen LogP contribution < -0.4 is 10.5 Å². The van der Waals surface area contributed by atoms with Crippen LogP contribution in [0.4, 0.5) is 18.2 Å². The molecule has 1 aromatic carbocycles. The Morgan fingerprint density at radius 3 is 2.57 bits per heavy atom. The van der Waals surface area contributed by atoms with Crippen LogP contribution >= 0.6 is 11.3 Å². The molecule has 1 heterocycles. The summed E-state index contributed by atoms with van der Waals surface area (Å²) < 4.78 is 49.4. The highest BCUT2D eigenvalue weighted by molar-refractivity contribution is 7.18. The van der Waals surface area contributed by atoms with E-state index >= 15 is 0 Å². The lowest BCUT2D eigenvalue weighted by Gasteiger charge is -2.19. The van der Waals surface area contributed by atoms with Gasteiger partial charge in [-0.15, -0.1) is 11.3 Å². The van der Waals surface area contributed by atoms with Crippen LogP contribution in [-0.4, -0.2) is 13.1 Å². The van der Waals surface area contributed by atoms with Crippen molar-refractivity contribution in [1.82, 2.24) is 0 Å². The number of thiophene rings is 1. The molecule has 0 saturated heterocycles. The van der Waals surface area contributed by atoms with Crippen LogP contribution in [0.5, 0.6) is 5.75 Å². The highest BCUT2D eigenvalue weighted by atomic mass is 32.1. The first kappa shape index (κ1) is 17.1. The molecule has 4 nitrogen and oxygen atoms in total. The van der Waals surface area contributed by atoms with Gasteiger partial charge in [-0.25, -0.2) is 4.79 Å². The highest BCUT2D eigenvalue weighted by Gasteiger charge is 2.35. The summed E-state index contributed by atoms with van der Waals surface area (Å²) in [6, 6.07) is 6.51. The quantitative estimate of drug-likeness (QED) is 0.841. The van der Waals surface area contributed by atoms with Crippen LogP contribution in [0.15, 0.2) is 30.3 Å². The molecule has 0 aliphatic heterocycles. The third-order valence-corrected chi connectivity index (χ3v) is 4.02. The minimum Gasteiger partial charge on any atom is -0.484 e. The van der Waals surface area contributed by atoms with Crippen LogP contribution in [0.3, 0.4) is 0 Å². The number of carbonyl (C=O) groups excluding carboxylic acids is 1. The van der Waals surface area contributed by atoms with Crippen LogP contribution in [0.2, 0.25) is 0 Å². The average Bonchev–Trinajstić information content (AvgIpc) is 2.86. The first-order valence-electron chi connectivity index (χ1n) is 6.54. The standard InChI is InChI=1S/C15H14F3NO3S/c1-8(9-5-3-4-6-10(9)15(16,17)18)22-11-7-12(19)23-13(11)14(20)21-2/h3-8H,19H2,1-2H3/t8-/m1/s1. The Bertz CT molecular complexity index is 712. The molecule has 0 radical (unpaired) electrons. The topological polar surface area (TPSA) is 61.5 Å². The van der Waals surface area contributed by atoms with E-state index in [2.05, 4.69) is 4.74 Å². The van der Waals surface area contributed by atoms with Crippen molar-refractivity contribution in [3.8, 4) is 5.75 Å². The summed E-state index contributed by atoms with van der Waals surface area (Å²) in [5, 5.41) is 0.303. The number of hydrogen-bond acceptors (Lipinski definition) is 5. The Balaban J connectivity index is 2.34. The molecule has 0 saturated carbocycles. The maximum atomic E-state index is 13.1. The number of ether oxygens (including phenoxy) is 2. The van der Waals surface area contributed by atoms with Crippen molar-refractivity contribution < 1.29 is 27.4 Å². The molecule has 0 amide bonds. The second-order valence-electron chi connectivity index (χ2n) is 4.68. The lowest BCUT2D eigenvalue weighted by molar-refractivity contribution is -0.139. The van der Waals surface area contributed by atoms with Gasteiger partial charge in [0, 0.05) is 11.6 Å². The number of nitrogens with two attached hydrogens (primary N) is 1. The molecule has 0 unspecified atom stereocenters. The largest absolute Gasteiger partial charge is 0.484 e. The van der Waals surface area contributed by atoms with Crippen molar-refractivity contribution in [3.63, 3.8) is 0 Å². The van der Waals surface area contributed by atoms with Gasteiger partial charge in [0.05, 0.1) is 17.7 Å². The van der Waals surface area contributed by atoms with E-state index in [-0.39, 0.29) is 16.2 Å². The first-order valence-corrected chi connectivity index (χ1v) is 7.36. The van der Waals surface area contributed by atoms with E-state index in [1.807, 2.05) is 0 Å². The Labute approximate surface area is 134 Å². The zero-order chi connectivity index (χ0) is 17.2. The molecule has 2 N–H and O–H groups in total. The molecule has 8 heteroatoms. The summed E-state index contributed by atoms with van der Waals surface area (Å²) in [5.74, 6) is -0.554. The van der Waals surface area contributed by atoms with Gasteiger partial charge >= 0.3 is 12.1 Å². The number of alkyl halides is 3. The van der Waals surface area contributed by atoms with Crippen LogP contribution in [0.1, 0.15) is 33.8 Å². The molecule has 0 aliphatic rings. The molecule has 0 aliphatic carbocycles. The maximum Gasteiger partial charge on any atom is 0.416 e. The van der Waals surface area contributed by atoms with Crippen molar-refractivity contribution >= 4 is 22.3 Å². The molecule has 2 rings (SSSR count). The van der Waals surface area contributed by atoms with Gasteiger partial charge in [-0.05, 0) is 13.0 Å². The number of nitrogen functional groups attached to an aromatic ring is 1. The molecule has 0 spiro atoms. The summed E-state index contributed by atoms with van der Waals surface area (Å²) in [5.41, 5.74) is 4.83. The first-order chi connectivity index (χ1) is 10.7. The minimum absolute atomic E-state index is 0.0272. The SMILES string of the molecule is COC(=O)c1sc(N)cc1O[C@H](C)c1ccccc1C(F)(F)F. The Morgan fingerprint density at radius 1 is 1.30 bits per heavy atom. The summed E-state index contributed by atoms with van der Waals surface area (Å²) in [7, 11) is 1.20. The van der Waals surface area contributed by atoms with Crippen LogP contribution in [0.25, 0.3) is 0 Å². The summed E-state index contributed by atoms with van der Waals surface area (Å²) in [4.78, 5) is 11.8. The zero-order valence-corrected chi connectivity index (χ0v) is 13.1. The average molecular weight is 345 g/mol. The number of anilines is 1. The number of esters is 1. The van der Waals surface area contributed by atoms with E-state index in [1.54, 1.807) is 0 Å². The third-order valence-electron chi connectivity index (χ3n) is 3.10. The fourth-order valence-corrected chi connectivity index (χ4v) is 2.85. The number of benzene rings is 1. The van der Waals surface area contributed by atoms with Gasteiger partial charge in [-0.2, -0.15) is 13.2 Å². The minimum atomic E-state index is -4.49. The van der Waals surface area contributed by atoms with E-state index in [9.17, 15) is 18.0 Å². The summed E-state index contributed by atoms with van der Waals surface area (Å²) in [6.07, 6.45) is -5.42. The maximum absolute atomic E-state index is 13.1. The van der Waals surface area contributed by atoms with Crippen molar-refractivity contribution in [3.05, 3.63) is 46.3 Å². The monoisotopic (exact) mass is 345 g/mol. The lowest BCUT2D eigenvalue weighted by Crippen LogP contribution is -2.14. The molecular formula is C15H14F3NO3S.